The quantitative estimate of drug-likeness (QED) is 0.787. The Morgan fingerprint density at radius 2 is 1.83 bits per heavy atom. The summed E-state index contributed by atoms with van der Waals surface area (Å²) in [5.41, 5.74) is 1.88. The molecule has 0 aliphatic heterocycles. The second-order valence-electron chi connectivity index (χ2n) is 3.82. The lowest BCUT2D eigenvalue weighted by molar-refractivity contribution is 0.340. The molecule has 1 aromatic heterocycles. The Hall–Kier alpha value is -1.61. The van der Waals surface area contributed by atoms with Crippen LogP contribution in [0.4, 0.5) is 0 Å². The highest BCUT2D eigenvalue weighted by Gasteiger charge is 2.05. The molecule has 0 N–H and O–H groups in total. The highest BCUT2D eigenvalue weighted by molar-refractivity contribution is 6.29. The van der Waals surface area contributed by atoms with Crippen molar-refractivity contribution >= 4 is 11.6 Å². The fourth-order valence-electron chi connectivity index (χ4n) is 1.64. The number of hydrogen-bond donors (Lipinski definition) is 0. The van der Waals surface area contributed by atoms with Gasteiger partial charge >= 0.3 is 0 Å². The van der Waals surface area contributed by atoms with Crippen LogP contribution in [0.25, 0.3) is 11.4 Å². The molecular formula is C14H15ClN2O. The van der Waals surface area contributed by atoms with Crippen LogP contribution in [0, 0.1) is 0 Å². The van der Waals surface area contributed by atoms with Gasteiger partial charge in [0.15, 0.2) is 5.82 Å². The largest absolute Gasteiger partial charge is 0.494 e. The topological polar surface area (TPSA) is 35.0 Å². The zero-order chi connectivity index (χ0) is 13.0. The van der Waals surface area contributed by atoms with Gasteiger partial charge in [-0.2, -0.15) is 0 Å². The van der Waals surface area contributed by atoms with Gasteiger partial charge in [-0.05, 0) is 43.7 Å². The first-order chi connectivity index (χ1) is 8.72. The van der Waals surface area contributed by atoms with Gasteiger partial charge in [-0.25, -0.2) is 9.97 Å². The number of nitrogens with zero attached hydrogens (tertiary/aromatic N) is 2. The highest BCUT2D eigenvalue weighted by atomic mass is 35.5. The highest BCUT2D eigenvalue weighted by Crippen LogP contribution is 2.21. The maximum absolute atomic E-state index is 5.98. The Kier molecular flexibility index (Phi) is 4.15. The molecule has 0 fully saturated rings. The monoisotopic (exact) mass is 262 g/mol. The Morgan fingerprint density at radius 1 is 1.11 bits per heavy atom. The van der Waals surface area contributed by atoms with Crippen molar-refractivity contribution in [3.8, 4) is 17.1 Å². The molecule has 0 saturated heterocycles. The van der Waals surface area contributed by atoms with Crippen molar-refractivity contribution in [1.82, 2.24) is 9.97 Å². The molecule has 0 saturated carbocycles. The van der Waals surface area contributed by atoms with E-state index in [1.165, 1.54) is 0 Å². The van der Waals surface area contributed by atoms with Gasteiger partial charge in [0.2, 0.25) is 0 Å². The van der Waals surface area contributed by atoms with Gasteiger partial charge in [0.05, 0.1) is 6.61 Å². The first kappa shape index (κ1) is 12.8. The fourth-order valence-corrected chi connectivity index (χ4v) is 1.85. The summed E-state index contributed by atoms with van der Waals surface area (Å²) in [5.74, 6) is 1.50. The zero-order valence-electron chi connectivity index (χ0n) is 10.5. The smallest absolute Gasteiger partial charge is 0.161 e. The Balaban J connectivity index is 2.33. The summed E-state index contributed by atoms with van der Waals surface area (Å²) >= 11 is 5.98. The standard InChI is InChI=1S/C14H15ClN2O/c1-3-11-9-13(15)17-14(16-11)10-5-7-12(8-6-10)18-4-2/h5-9H,3-4H2,1-2H3. The molecule has 0 atom stereocenters. The number of ether oxygens (including phenoxy) is 1. The second-order valence-corrected chi connectivity index (χ2v) is 4.20. The Morgan fingerprint density at radius 3 is 2.44 bits per heavy atom. The van der Waals surface area contributed by atoms with Crippen molar-refractivity contribution in [2.75, 3.05) is 6.61 Å². The van der Waals surface area contributed by atoms with Gasteiger partial charge in [-0.15, -0.1) is 0 Å². The molecule has 0 aliphatic carbocycles. The van der Waals surface area contributed by atoms with E-state index in [0.717, 1.165) is 23.4 Å². The van der Waals surface area contributed by atoms with Crippen LogP contribution in [0.5, 0.6) is 5.75 Å². The number of aromatic nitrogens is 2. The lowest BCUT2D eigenvalue weighted by atomic mass is 10.2. The van der Waals surface area contributed by atoms with E-state index >= 15 is 0 Å². The molecule has 4 heteroatoms. The van der Waals surface area contributed by atoms with Crippen LogP contribution in [-0.2, 0) is 6.42 Å². The van der Waals surface area contributed by atoms with Gasteiger partial charge < -0.3 is 4.74 Å². The zero-order valence-corrected chi connectivity index (χ0v) is 11.2. The summed E-state index contributed by atoms with van der Waals surface area (Å²) in [6.45, 7) is 4.66. The number of rotatable bonds is 4. The van der Waals surface area contributed by atoms with Gasteiger partial charge in [0.1, 0.15) is 10.9 Å². The van der Waals surface area contributed by atoms with Crippen molar-refractivity contribution < 1.29 is 4.74 Å². The third kappa shape index (κ3) is 2.99. The molecule has 1 aromatic carbocycles. The molecule has 0 unspecified atom stereocenters. The number of hydrogen-bond acceptors (Lipinski definition) is 3. The van der Waals surface area contributed by atoms with Gasteiger partial charge in [-0.1, -0.05) is 18.5 Å². The van der Waals surface area contributed by atoms with Crippen molar-refractivity contribution in [3.63, 3.8) is 0 Å². The molecule has 0 bridgehead atoms. The molecule has 3 nitrogen and oxygen atoms in total. The lowest BCUT2D eigenvalue weighted by Crippen LogP contribution is -1.95. The SMILES string of the molecule is CCOc1ccc(-c2nc(Cl)cc(CC)n2)cc1. The van der Waals surface area contributed by atoms with Gasteiger partial charge in [0, 0.05) is 11.3 Å². The van der Waals surface area contributed by atoms with E-state index in [4.69, 9.17) is 16.3 Å². The van der Waals surface area contributed by atoms with E-state index in [1.54, 1.807) is 6.07 Å². The van der Waals surface area contributed by atoms with E-state index in [9.17, 15) is 0 Å². The van der Waals surface area contributed by atoms with E-state index in [-0.39, 0.29) is 0 Å². The summed E-state index contributed by atoms with van der Waals surface area (Å²) in [5, 5.41) is 0.478. The normalized spacial score (nSPS) is 10.4. The Bertz CT molecular complexity index is 526. The molecule has 1 heterocycles. The average molecular weight is 263 g/mol. The minimum absolute atomic E-state index is 0.478. The molecule has 0 radical (unpaired) electrons. The van der Waals surface area contributed by atoms with Crippen LogP contribution in [0.2, 0.25) is 5.15 Å². The molecular weight excluding hydrogens is 248 g/mol. The lowest BCUT2D eigenvalue weighted by Gasteiger charge is -2.06. The molecule has 2 aromatic rings. The van der Waals surface area contributed by atoms with Crippen LogP contribution in [-0.4, -0.2) is 16.6 Å². The summed E-state index contributed by atoms with van der Waals surface area (Å²) in [6.07, 6.45) is 0.840. The minimum Gasteiger partial charge on any atom is -0.494 e. The summed E-state index contributed by atoms with van der Waals surface area (Å²) < 4.78 is 5.40. The van der Waals surface area contributed by atoms with Crippen molar-refractivity contribution in [1.29, 1.82) is 0 Å². The van der Waals surface area contributed by atoms with Crippen molar-refractivity contribution in [2.45, 2.75) is 20.3 Å². The number of halogens is 1. The second kappa shape index (κ2) is 5.83. The molecule has 0 aliphatic rings. The van der Waals surface area contributed by atoms with E-state index < -0.39 is 0 Å². The number of aryl methyl sites for hydroxylation is 1. The minimum atomic E-state index is 0.478. The van der Waals surface area contributed by atoms with Crippen LogP contribution in [0.15, 0.2) is 30.3 Å². The van der Waals surface area contributed by atoms with Crippen molar-refractivity contribution in [3.05, 3.63) is 41.2 Å². The maximum Gasteiger partial charge on any atom is 0.161 e. The predicted octanol–water partition coefficient (Wildman–Crippen LogP) is 3.76. The average Bonchev–Trinajstić information content (AvgIpc) is 2.39. The summed E-state index contributed by atoms with van der Waals surface area (Å²) in [4.78, 5) is 8.70. The molecule has 94 valence electrons. The third-order valence-electron chi connectivity index (χ3n) is 2.53. The van der Waals surface area contributed by atoms with Crippen LogP contribution < -0.4 is 4.74 Å². The maximum atomic E-state index is 5.98. The molecule has 2 rings (SSSR count). The Labute approximate surface area is 112 Å². The van der Waals surface area contributed by atoms with Crippen LogP contribution in [0.1, 0.15) is 19.5 Å². The van der Waals surface area contributed by atoms with Gasteiger partial charge in [0.25, 0.3) is 0 Å². The van der Waals surface area contributed by atoms with Crippen molar-refractivity contribution in [2.24, 2.45) is 0 Å². The first-order valence-electron chi connectivity index (χ1n) is 5.99. The van der Waals surface area contributed by atoms with E-state index in [2.05, 4.69) is 9.97 Å². The molecule has 0 spiro atoms. The third-order valence-corrected chi connectivity index (χ3v) is 2.73. The predicted molar refractivity (Wildman–Crippen MR) is 73.0 cm³/mol. The van der Waals surface area contributed by atoms with Crippen LogP contribution in [0.3, 0.4) is 0 Å². The van der Waals surface area contributed by atoms with E-state index in [0.29, 0.717) is 17.6 Å². The molecule has 18 heavy (non-hydrogen) atoms. The number of benzene rings is 1. The fraction of sp³-hybridized carbons (Fsp3) is 0.286. The first-order valence-corrected chi connectivity index (χ1v) is 6.37. The van der Waals surface area contributed by atoms with E-state index in [1.807, 2.05) is 38.1 Å². The summed E-state index contributed by atoms with van der Waals surface area (Å²) in [6, 6.07) is 9.50. The molecule has 0 amide bonds. The van der Waals surface area contributed by atoms with Crippen LogP contribution >= 0.6 is 11.6 Å². The summed E-state index contributed by atoms with van der Waals surface area (Å²) in [7, 11) is 0. The van der Waals surface area contributed by atoms with Gasteiger partial charge in [-0.3, -0.25) is 0 Å².